The second-order valence-electron chi connectivity index (χ2n) is 3.83. The maximum absolute atomic E-state index is 10.9. The summed E-state index contributed by atoms with van der Waals surface area (Å²) < 4.78 is 5.29. The normalized spacial score (nSPS) is 9.67. The Labute approximate surface area is 118 Å². The number of carboxylic acid groups (broad SMARTS) is 1. The largest absolute Gasteiger partial charge is 0.478 e. The molecule has 0 saturated heterocycles. The van der Waals surface area contributed by atoms with E-state index in [0.29, 0.717) is 0 Å². The summed E-state index contributed by atoms with van der Waals surface area (Å²) in [6.07, 6.45) is 2.59. The van der Waals surface area contributed by atoms with Crippen LogP contribution in [-0.4, -0.2) is 21.0 Å². The van der Waals surface area contributed by atoms with Crippen molar-refractivity contribution in [1.29, 1.82) is 5.26 Å². The Kier molecular flexibility index (Phi) is 3.76. The molecule has 0 aliphatic heterocycles. The Hall–Kier alpha value is -3.47. The molecule has 2 rings (SSSR count). The number of nitriles is 1. The molecule has 0 atom stereocenters. The molecule has 2 aromatic rings. The van der Waals surface area contributed by atoms with E-state index in [1.807, 2.05) is 6.07 Å². The number of hydrogen-bond acceptors (Lipinski definition) is 6. The summed E-state index contributed by atoms with van der Waals surface area (Å²) in [6, 6.07) is 6.38. The lowest BCUT2D eigenvalue weighted by Crippen LogP contribution is -2.00. The average Bonchev–Trinajstić information content (AvgIpc) is 2.47. The monoisotopic (exact) mass is 285 g/mol. The van der Waals surface area contributed by atoms with Crippen LogP contribution >= 0.6 is 0 Å². The van der Waals surface area contributed by atoms with Crippen molar-refractivity contribution in [2.45, 2.75) is 0 Å². The van der Waals surface area contributed by atoms with E-state index in [9.17, 15) is 14.9 Å². The molecule has 0 saturated carbocycles. The van der Waals surface area contributed by atoms with Crippen LogP contribution in [0.15, 0.2) is 36.7 Å². The molecule has 0 amide bonds. The van der Waals surface area contributed by atoms with Crippen LogP contribution in [0.4, 0.5) is 5.69 Å². The van der Waals surface area contributed by atoms with E-state index < -0.39 is 16.6 Å². The Morgan fingerprint density at radius 1 is 1.38 bits per heavy atom. The minimum Gasteiger partial charge on any atom is -0.478 e. The van der Waals surface area contributed by atoms with Crippen LogP contribution in [-0.2, 0) is 0 Å². The van der Waals surface area contributed by atoms with Gasteiger partial charge in [0.1, 0.15) is 6.07 Å². The smallest absolute Gasteiger partial charge is 0.335 e. The van der Waals surface area contributed by atoms with Crippen molar-refractivity contribution < 1.29 is 19.6 Å². The summed E-state index contributed by atoms with van der Waals surface area (Å²) in [5.74, 6) is -1.52. The van der Waals surface area contributed by atoms with Crippen LogP contribution < -0.4 is 4.74 Å². The van der Waals surface area contributed by atoms with Crippen molar-refractivity contribution in [1.82, 2.24) is 4.98 Å². The molecular weight excluding hydrogens is 278 g/mol. The van der Waals surface area contributed by atoms with Crippen molar-refractivity contribution in [2.24, 2.45) is 0 Å². The van der Waals surface area contributed by atoms with Gasteiger partial charge in [-0.25, -0.2) is 4.79 Å². The molecule has 21 heavy (non-hydrogen) atoms. The van der Waals surface area contributed by atoms with E-state index in [0.717, 1.165) is 18.2 Å². The van der Waals surface area contributed by atoms with E-state index in [2.05, 4.69) is 4.98 Å². The standard InChI is InChI=1S/C13H7N3O5/c14-6-9-3-4-15-7-12(9)21-11-5-8(13(17)18)1-2-10(11)16(19)20/h1-5,7H,(H,17,18). The molecule has 0 unspecified atom stereocenters. The molecule has 8 heteroatoms. The van der Waals surface area contributed by atoms with Crippen molar-refractivity contribution in [2.75, 3.05) is 0 Å². The molecule has 1 aromatic carbocycles. The molecular formula is C13H7N3O5. The van der Waals surface area contributed by atoms with Crippen molar-refractivity contribution >= 4 is 11.7 Å². The predicted molar refractivity (Wildman–Crippen MR) is 69.1 cm³/mol. The second kappa shape index (κ2) is 5.66. The average molecular weight is 285 g/mol. The quantitative estimate of drug-likeness (QED) is 0.674. The van der Waals surface area contributed by atoms with Crippen LogP contribution in [0.2, 0.25) is 0 Å². The number of aromatic nitrogens is 1. The van der Waals surface area contributed by atoms with Crippen LogP contribution in [0.5, 0.6) is 11.5 Å². The first-order valence-corrected chi connectivity index (χ1v) is 5.56. The van der Waals surface area contributed by atoms with Gasteiger partial charge in [0, 0.05) is 18.3 Å². The lowest BCUT2D eigenvalue weighted by atomic mass is 10.2. The maximum Gasteiger partial charge on any atom is 0.335 e. The van der Waals surface area contributed by atoms with Crippen molar-refractivity contribution in [3.63, 3.8) is 0 Å². The third-order valence-corrected chi connectivity index (χ3v) is 2.53. The summed E-state index contributed by atoms with van der Waals surface area (Å²) in [5.41, 5.74) is -0.453. The van der Waals surface area contributed by atoms with E-state index in [4.69, 9.17) is 15.1 Å². The number of pyridine rings is 1. The zero-order valence-corrected chi connectivity index (χ0v) is 10.4. The van der Waals surface area contributed by atoms with Gasteiger partial charge in [-0.05, 0) is 12.1 Å². The number of carbonyl (C=O) groups is 1. The summed E-state index contributed by atoms with van der Waals surface area (Å²) >= 11 is 0. The van der Waals surface area contributed by atoms with Gasteiger partial charge < -0.3 is 9.84 Å². The Bertz CT molecular complexity index is 767. The molecule has 0 aliphatic carbocycles. The number of hydrogen-bond donors (Lipinski definition) is 1. The van der Waals surface area contributed by atoms with Gasteiger partial charge in [0.15, 0.2) is 5.75 Å². The lowest BCUT2D eigenvalue weighted by molar-refractivity contribution is -0.385. The lowest BCUT2D eigenvalue weighted by Gasteiger charge is -2.07. The number of aromatic carboxylic acids is 1. The second-order valence-corrected chi connectivity index (χ2v) is 3.83. The molecule has 0 spiro atoms. The summed E-state index contributed by atoms with van der Waals surface area (Å²) in [6.45, 7) is 0. The number of carboxylic acids is 1. The number of benzene rings is 1. The fourth-order valence-electron chi connectivity index (χ4n) is 1.55. The molecule has 0 radical (unpaired) electrons. The highest BCUT2D eigenvalue weighted by Crippen LogP contribution is 2.33. The van der Waals surface area contributed by atoms with E-state index in [-0.39, 0.29) is 22.6 Å². The van der Waals surface area contributed by atoms with E-state index in [1.54, 1.807) is 0 Å². The highest BCUT2D eigenvalue weighted by Gasteiger charge is 2.19. The fourth-order valence-corrected chi connectivity index (χ4v) is 1.55. The minimum atomic E-state index is -1.25. The third-order valence-electron chi connectivity index (χ3n) is 2.53. The topological polar surface area (TPSA) is 126 Å². The number of ether oxygens (including phenoxy) is 1. The first-order valence-electron chi connectivity index (χ1n) is 5.56. The van der Waals surface area contributed by atoms with Crippen LogP contribution in [0.3, 0.4) is 0 Å². The Morgan fingerprint density at radius 3 is 2.76 bits per heavy atom. The number of nitro groups is 1. The molecule has 104 valence electrons. The maximum atomic E-state index is 10.9. The SMILES string of the molecule is N#Cc1ccncc1Oc1cc(C(=O)O)ccc1[N+](=O)[O-]. The summed E-state index contributed by atoms with van der Waals surface area (Å²) in [4.78, 5) is 24.9. The first-order chi connectivity index (χ1) is 10.0. The molecule has 0 aliphatic rings. The highest BCUT2D eigenvalue weighted by molar-refractivity contribution is 5.88. The molecule has 0 fully saturated rings. The Morgan fingerprint density at radius 2 is 2.14 bits per heavy atom. The third kappa shape index (κ3) is 2.93. The van der Waals surface area contributed by atoms with Crippen molar-refractivity contribution in [3.05, 3.63) is 57.9 Å². The van der Waals surface area contributed by atoms with Gasteiger partial charge in [0.05, 0.1) is 22.2 Å². The number of rotatable bonds is 4. The first kappa shape index (κ1) is 14.0. The number of nitrogens with zero attached hydrogens (tertiary/aromatic N) is 3. The summed E-state index contributed by atoms with van der Waals surface area (Å²) in [5, 5.41) is 28.8. The fraction of sp³-hybridized carbons (Fsp3) is 0. The van der Waals surface area contributed by atoms with Gasteiger partial charge in [-0.2, -0.15) is 5.26 Å². The van der Waals surface area contributed by atoms with Crippen LogP contribution in [0, 0.1) is 21.4 Å². The van der Waals surface area contributed by atoms with Crippen molar-refractivity contribution in [3.8, 4) is 17.6 Å². The summed E-state index contributed by atoms with van der Waals surface area (Å²) in [7, 11) is 0. The van der Waals surface area contributed by atoms with Gasteiger partial charge in [-0.1, -0.05) is 0 Å². The predicted octanol–water partition coefficient (Wildman–Crippen LogP) is 2.35. The Balaban J connectivity index is 2.51. The van der Waals surface area contributed by atoms with Gasteiger partial charge in [0.2, 0.25) is 5.75 Å². The van der Waals surface area contributed by atoms with Gasteiger partial charge in [0.25, 0.3) is 0 Å². The van der Waals surface area contributed by atoms with Gasteiger partial charge >= 0.3 is 11.7 Å². The van der Waals surface area contributed by atoms with E-state index in [1.165, 1.54) is 18.5 Å². The van der Waals surface area contributed by atoms with Gasteiger partial charge in [-0.15, -0.1) is 0 Å². The van der Waals surface area contributed by atoms with Crippen LogP contribution in [0.25, 0.3) is 0 Å². The minimum absolute atomic E-state index is 0.00522. The van der Waals surface area contributed by atoms with Gasteiger partial charge in [-0.3, -0.25) is 15.1 Å². The molecule has 8 nitrogen and oxygen atoms in total. The van der Waals surface area contributed by atoms with E-state index >= 15 is 0 Å². The molecule has 0 bridgehead atoms. The number of nitro benzene ring substituents is 1. The molecule has 1 N–H and O–H groups in total. The zero-order chi connectivity index (χ0) is 15.4. The molecule has 1 heterocycles. The molecule has 1 aromatic heterocycles. The highest BCUT2D eigenvalue weighted by atomic mass is 16.6. The zero-order valence-electron chi connectivity index (χ0n) is 10.4. The van der Waals surface area contributed by atoms with Crippen LogP contribution in [0.1, 0.15) is 15.9 Å².